The summed E-state index contributed by atoms with van der Waals surface area (Å²) in [6, 6.07) is 3.74. The van der Waals surface area contributed by atoms with Crippen LogP contribution in [-0.2, 0) is 11.2 Å². The largest absolute Gasteiger partial charge is 0.462 e. The first-order chi connectivity index (χ1) is 12.8. The molecule has 26 heavy (non-hydrogen) atoms. The number of nitrogens with one attached hydrogen (secondary N) is 1. The van der Waals surface area contributed by atoms with Crippen molar-refractivity contribution < 1.29 is 9.21 Å². The molecule has 140 valence electrons. The molecule has 0 spiro atoms. The first kappa shape index (κ1) is 18.1. The van der Waals surface area contributed by atoms with Crippen LogP contribution in [-0.4, -0.2) is 52.5 Å². The van der Waals surface area contributed by atoms with E-state index < -0.39 is 0 Å². The summed E-state index contributed by atoms with van der Waals surface area (Å²) in [5.74, 6) is 3.25. The molecule has 0 bridgehead atoms. The third kappa shape index (κ3) is 4.00. The highest BCUT2D eigenvalue weighted by Gasteiger charge is 2.40. The molecular weight excluding hydrogens is 366 g/mol. The Labute approximate surface area is 162 Å². The number of thiazole rings is 1. The number of carbonyl (C=O) groups excluding carboxylic acids is 1. The molecule has 2 aliphatic rings. The number of hydrogen-bond acceptors (Lipinski definition) is 6. The highest BCUT2D eigenvalue weighted by molar-refractivity contribution is 7.99. The van der Waals surface area contributed by atoms with Crippen LogP contribution in [0.1, 0.15) is 31.4 Å². The molecular formula is C19H25N3O2S2. The van der Waals surface area contributed by atoms with Gasteiger partial charge in [0.15, 0.2) is 10.8 Å². The van der Waals surface area contributed by atoms with E-state index in [1.165, 1.54) is 48.5 Å². The summed E-state index contributed by atoms with van der Waals surface area (Å²) in [7, 11) is 0. The van der Waals surface area contributed by atoms with E-state index in [0.717, 1.165) is 36.1 Å². The van der Waals surface area contributed by atoms with Gasteiger partial charge in [0, 0.05) is 42.1 Å². The van der Waals surface area contributed by atoms with E-state index in [1.54, 1.807) is 6.26 Å². The van der Waals surface area contributed by atoms with E-state index in [0.29, 0.717) is 6.42 Å². The minimum absolute atomic E-state index is 0.0685. The first-order valence-electron chi connectivity index (χ1n) is 9.33. The maximum absolute atomic E-state index is 12.5. The maximum atomic E-state index is 12.5. The Balaban J connectivity index is 1.34. The zero-order chi connectivity index (χ0) is 17.8. The van der Waals surface area contributed by atoms with Crippen molar-refractivity contribution in [1.29, 1.82) is 0 Å². The van der Waals surface area contributed by atoms with E-state index in [2.05, 4.69) is 15.2 Å². The van der Waals surface area contributed by atoms with E-state index in [1.807, 2.05) is 29.3 Å². The number of thioether (sulfide) groups is 1. The molecule has 1 aliphatic heterocycles. The Bertz CT molecular complexity index is 717. The average Bonchev–Trinajstić information content (AvgIpc) is 3.42. The minimum Gasteiger partial charge on any atom is -0.462 e. The molecule has 2 aromatic rings. The van der Waals surface area contributed by atoms with Crippen LogP contribution in [0, 0.1) is 0 Å². The van der Waals surface area contributed by atoms with E-state index in [-0.39, 0.29) is 11.4 Å². The van der Waals surface area contributed by atoms with Crippen molar-refractivity contribution in [3.8, 4) is 10.8 Å². The van der Waals surface area contributed by atoms with Gasteiger partial charge >= 0.3 is 0 Å². The molecule has 1 saturated heterocycles. The summed E-state index contributed by atoms with van der Waals surface area (Å²) in [5, 5.41) is 5.99. The smallest absolute Gasteiger partial charge is 0.226 e. The zero-order valence-corrected chi connectivity index (χ0v) is 16.5. The standard InChI is InChI=1S/C19H25N3O2S2/c23-17(12-15-13-26-18(21-15)16-4-3-9-24-16)20-14-19(5-1-2-6-19)22-7-10-25-11-8-22/h3-4,9,13H,1-2,5-8,10-12,14H2,(H,20,23). The van der Waals surface area contributed by atoms with Gasteiger partial charge in [-0.1, -0.05) is 12.8 Å². The molecule has 7 heteroatoms. The first-order valence-corrected chi connectivity index (χ1v) is 11.4. The maximum Gasteiger partial charge on any atom is 0.226 e. The van der Waals surface area contributed by atoms with Gasteiger partial charge in [-0.2, -0.15) is 11.8 Å². The SMILES string of the molecule is O=C(Cc1csc(-c2ccco2)n1)NCC1(N2CCSCC2)CCCC1. The molecule has 4 rings (SSSR count). The molecule has 1 aliphatic carbocycles. The van der Waals surface area contributed by atoms with Crippen molar-refractivity contribution in [3.63, 3.8) is 0 Å². The van der Waals surface area contributed by atoms with Gasteiger partial charge in [-0.3, -0.25) is 9.69 Å². The predicted octanol–water partition coefficient (Wildman–Crippen LogP) is 3.42. The highest BCUT2D eigenvalue weighted by Crippen LogP contribution is 2.36. The molecule has 5 nitrogen and oxygen atoms in total. The molecule has 0 radical (unpaired) electrons. The second-order valence-corrected chi connectivity index (χ2v) is 9.19. The van der Waals surface area contributed by atoms with Crippen LogP contribution < -0.4 is 5.32 Å². The van der Waals surface area contributed by atoms with E-state index in [9.17, 15) is 4.79 Å². The number of furan rings is 1. The molecule has 1 N–H and O–H groups in total. The van der Waals surface area contributed by atoms with Crippen molar-refractivity contribution in [3.05, 3.63) is 29.5 Å². The molecule has 0 unspecified atom stereocenters. The Hall–Kier alpha value is -1.31. The number of hydrogen-bond donors (Lipinski definition) is 1. The topological polar surface area (TPSA) is 58.4 Å². The van der Waals surface area contributed by atoms with Gasteiger partial charge in [0.2, 0.25) is 5.91 Å². The van der Waals surface area contributed by atoms with E-state index in [4.69, 9.17) is 4.42 Å². The van der Waals surface area contributed by atoms with Crippen LogP contribution in [0.2, 0.25) is 0 Å². The van der Waals surface area contributed by atoms with Crippen molar-refractivity contribution in [2.24, 2.45) is 0 Å². The predicted molar refractivity (Wildman–Crippen MR) is 107 cm³/mol. The third-order valence-electron chi connectivity index (χ3n) is 5.46. The lowest BCUT2D eigenvalue weighted by atomic mass is 9.94. The molecule has 2 aromatic heterocycles. The van der Waals surface area contributed by atoms with Gasteiger partial charge in [-0.05, 0) is 25.0 Å². The summed E-state index contributed by atoms with van der Waals surface area (Å²) in [5.41, 5.74) is 0.992. The monoisotopic (exact) mass is 391 g/mol. The molecule has 1 saturated carbocycles. The highest BCUT2D eigenvalue weighted by atomic mass is 32.2. The molecule has 2 fully saturated rings. The van der Waals surface area contributed by atoms with Crippen LogP contribution in [0.4, 0.5) is 0 Å². The number of rotatable bonds is 6. The van der Waals surface area contributed by atoms with Crippen LogP contribution in [0.3, 0.4) is 0 Å². The van der Waals surface area contributed by atoms with Crippen LogP contribution in [0.25, 0.3) is 10.8 Å². The Morgan fingerprint density at radius 2 is 2.12 bits per heavy atom. The Morgan fingerprint density at radius 3 is 2.85 bits per heavy atom. The number of carbonyl (C=O) groups is 1. The summed E-state index contributed by atoms with van der Waals surface area (Å²) in [4.78, 5) is 19.7. The zero-order valence-electron chi connectivity index (χ0n) is 14.9. The van der Waals surface area contributed by atoms with Crippen molar-refractivity contribution >= 4 is 29.0 Å². The summed E-state index contributed by atoms with van der Waals surface area (Å²) < 4.78 is 5.37. The second-order valence-electron chi connectivity index (χ2n) is 7.11. The quantitative estimate of drug-likeness (QED) is 0.818. The van der Waals surface area contributed by atoms with Gasteiger partial charge in [-0.15, -0.1) is 11.3 Å². The molecule has 1 amide bonds. The van der Waals surface area contributed by atoms with Gasteiger partial charge < -0.3 is 9.73 Å². The third-order valence-corrected chi connectivity index (χ3v) is 7.30. The van der Waals surface area contributed by atoms with Crippen LogP contribution in [0.5, 0.6) is 0 Å². The van der Waals surface area contributed by atoms with Gasteiger partial charge in [0.1, 0.15) is 0 Å². The molecule has 0 aromatic carbocycles. The lowest BCUT2D eigenvalue weighted by molar-refractivity contribution is -0.121. The summed E-state index contributed by atoms with van der Waals surface area (Å²) >= 11 is 3.56. The van der Waals surface area contributed by atoms with Gasteiger partial charge in [-0.25, -0.2) is 4.98 Å². The summed E-state index contributed by atoms with van der Waals surface area (Å²) in [6.07, 6.45) is 6.94. The summed E-state index contributed by atoms with van der Waals surface area (Å²) in [6.45, 7) is 3.07. The fraction of sp³-hybridized carbons (Fsp3) is 0.579. The van der Waals surface area contributed by atoms with Crippen molar-refractivity contribution in [2.75, 3.05) is 31.1 Å². The number of aromatic nitrogens is 1. The normalized spacial score (nSPS) is 20.3. The van der Waals surface area contributed by atoms with Crippen molar-refractivity contribution in [1.82, 2.24) is 15.2 Å². The number of amides is 1. The van der Waals surface area contributed by atoms with Crippen molar-refractivity contribution in [2.45, 2.75) is 37.6 Å². The molecule has 0 atom stereocenters. The lowest BCUT2D eigenvalue weighted by Gasteiger charge is -2.43. The Kier molecular flexibility index (Phi) is 5.66. The van der Waals surface area contributed by atoms with Gasteiger partial charge in [0.25, 0.3) is 0 Å². The second kappa shape index (κ2) is 8.15. The minimum atomic E-state index is 0.0685. The fourth-order valence-electron chi connectivity index (χ4n) is 4.07. The average molecular weight is 392 g/mol. The van der Waals surface area contributed by atoms with Gasteiger partial charge in [0.05, 0.1) is 18.4 Å². The number of nitrogens with zero attached hydrogens (tertiary/aromatic N) is 2. The van der Waals surface area contributed by atoms with E-state index >= 15 is 0 Å². The lowest BCUT2D eigenvalue weighted by Crippen LogP contribution is -2.56. The van der Waals surface area contributed by atoms with Crippen LogP contribution in [0.15, 0.2) is 28.2 Å². The van der Waals surface area contributed by atoms with Crippen LogP contribution >= 0.6 is 23.1 Å². The Morgan fingerprint density at radius 1 is 1.31 bits per heavy atom. The fourth-order valence-corrected chi connectivity index (χ4v) is 5.76. The molecule has 3 heterocycles.